The van der Waals surface area contributed by atoms with Crippen molar-refractivity contribution >= 4 is 27.8 Å². The Hall–Kier alpha value is -2.42. The van der Waals surface area contributed by atoms with Gasteiger partial charge in [-0.15, -0.1) is 0 Å². The van der Waals surface area contributed by atoms with E-state index < -0.39 is 22.0 Å². The number of hydrogen-bond acceptors (Lipinski definition) is 7. The molecule has 0 aliphatic carbocycles. The fourth-order valence-corrected chi connectivity index (χ4v) is 3.76. The molecule has 1 aliphatic heterocycles. The van der Waals surface area contributed by atoms with Crippen molar-refractivity contribution in [3.8, 4) is 0 Å². The van der Waals surface area contributed by atoms with Crippen LogP contribution in [0, 0.1) is 0 Å². The molecular weight excluding hydrogens is 372 g/mol. The van der Waals surface area contributed by atoms with Gasteiger partial charge in [-0.2, -0.15) is 0 Å². The summed E-state index contributed by atoms with van der Waals surface area (Å²) in [4.78, 5) is 27.4. The molecule has 1 aromatic carbocycles. The number of unbranched alkanes of at least 4 members (excludes halogenated alkanes) is 2. The molecule has 2 rings (SSSR count). The number of aliphatic imine (C=N–C) groups is 1. The molecule has 0 spiro atoms. The highest BCUT2D eigenvalue weighted by Gasteiger charge is 2.29. The van der Waals surface area contributed by atoms with Gasteiger partial charge < -0.3 is 9.47 Å². The van der Waals surface area contributed by atoms with Crippen LogP contribution in [0.1, 0.15) is 45.1 Å². The first-order valence-corrected chi connectivity index (χ1v) is 10.3. The van der Waals surface area contributed by atoms with Crippen LogP contribution in [0.3, 0.4) is 0 Å². The van der Waals surface area contributed by atoms with Crippen molar-refractivity contribution < 1.29 is 27.5 Å². The molecule has 0 saturated carbocycles. The van der Waals surface area contributed by atoms with Gasteiger partial charge in [-0.05, 0) is 38.8 Å². The number of benzene rings is 1. The van der Waals surface area contributed by atoms with E-state index in [1.807, 2.05) is 0 Å². The van der Waals surface area contributed by atoms with Crippen molar-refractivity contribution in [2.24, 2.45) is 4.99 Å². The van der Waals surface area contributed by atoms with Gasteiger partial charge in [0.2, 0.25) is 0 Å². The molecule has 1 aromatic rings. The van der Waals surface area contributed by atoms with Crippen LogP contribution in [0.25, 0.3) is 0 Å². The predicted octanol–water partition coefficient (Wildman–Crippen LogP) is 1.78. The molecule has 1 heterocycles. The maximum Gasteiger partial charge on any atom is 0.344 e. The molecular formula is C18H24N2O6S. The minimum atomic E-state index is -3.51. The maximum absolute atomic E-state index is 12.0. The van der Waals surface area contributed by atoms with Crippen LogP contribution in [0.5, 0.6) is 0 Å². The third kappa shape index (κ3) is 6.35. The average molecular weight is 396 g/mol. The van der Waals surface area contributed by atoms with Crippen LogP contribution in [-0.2, 0) is 29.1 Å². The van der Waals surface area contributed by atoms with Crippen molar-refractivity contribution in [2.75, 3.05) is 13.2 Å². The molecule has 8 nitrogen and oxygen atoms in total. The highest BCUT2D eigenvalue weighted by molar-refractivity contribution is 7.90. The Morgan fingerprint density at radius 2 is 1.85 bits per heavy atom. The van der Waals surface area contributed by atoms with Crippen molar-refractivity contribution in [1.82, 2.24) is 4.72 Å². The van der Waals surface area contributed by atoms with E-state index in [9.17, 15) is 18.0 Å². The fourth-order valence-electron chi connectivity index (χ4n) is 2.51. The summed E-state index contributed by atoms with van der Waals surface area (Å²) in [5.41, 5.74) is 0.578. The molecule has 0 radical (unpaired) electrons. The average Bonchev–Trinajstić information content (AvgIpc) is 2.86. The van der Waals surface area contributed by atoms with E-state index in [2.05, 4.69) is 9.71 Å². The van der Waals surface area contributed by atoms with Gasteiger partial charge in [-0.3, -0.25) is 14.5 Å². The number of rotatable bonds is 9. The summed E-state index contributed by atoms with van der Waals surface area (Å²) in [6, 6.07) is 6.69. The lowest BCUT2D eigenvalue weighted by atomic mass is 10.2. The van der Waals surface area contributed by atoms with Gasteiger partial charge in [-0.25, -0.2) is 13.2 Å². The summed E-state index contributed by atoms with van der Waals surface area (Å²) in [7, 11) is -3.51. The normalized spacial score (nSPS) is 16.0. The zero-order valence-electron chi connectivity index (χ0n) is 15.4. The number of ether oxygens (including phenoxy) is 2. The Bertz CT molecular complexity index is 817. The van der Waals surface area contributed by atoms with Crippen molar-refractivity contribution in [1.29, 1.82) is 0 Å². The second-order valence-corrected chi connectivity index (χ2v) is 7.99. The van der Waals surface area contributed by atoms with Crippen LogP contribution in [0.2, 0.25) is 0 Å². The van der Waals surface area contributed by atoms with E-state index >= 15 is 0 Å². The van der Waals surface area contributed by atoms with E-state index in [1.54, 1.807) is 38.1 Å². The Kier molecular flexibility index (Phi) is 7.35. The SMILES string of the molecule is CC(C)OC(=O)COC(=O)CCCCCN=C1NS(=O)(=O)c2ccccc21. The lowest BCUT2D eigenvalue weighted by Gasteiger charge is -2.08. The highest BCUT2D eigenvalue weighted by Crippen LogP contribution is 2.22. The number of sulfonamides is 1. The second kappa shape index (κ2) is 9.50. The first-order valence-electron chi connectivity index (χ1n) is 8.81. The van der Waals surface area contributed by atoms with E-state index in [4.69, 9.17) is 9.47 Å². The van der Waals surface area contributed by atoms with Gasteiger partial charge in [0.25, 0.3) is 10.0 Å². The number of hydrogen-bond donors (Lipinski definition) is 1. The van der Waals surface area contributed by atoms with E-state index in [-0.39, 0.29) is 24.0 Å². The highest BCUT2D eigenvalue weighted by atomic mass is 32.2. The van der Waals surface area contributed by atoms with Crippen LogP contribution in [-0.4, -0.2) is 45.4 Å². The summed E-state index contributed by atoms with van der Waals surface area (Å²) in [6.07, 6.45) is 2.01. The van der Waals surface area contributed by atoms with Gasteiger partial charge in [0.1, 0.15) is 5.84 Å². The largest absolute Gasteiger partial charge is 0.460 e. The topological polar surface area (TPSA) is 111 Å². The first-order chi connectivity index (χ1) is 12.8. The summed E-state index contributed by atoms with van der Waals surface area (Å²) >= 11 is 0. The molecule has 0 saturated heterocycles. The summed E-state index contributed by atoms with van der Waals surface area (Å²) in [5, 5.41) is 0. The zero-order chi connectivity index (χ0) is 19.9. The maximum atomic E-state index is 12.0. The van der Waals surface area contributed by atoms with Crippen LogP contribution in [0.4, 0.5) is 0 Å². The Balaban J connectivity index is 1.66. The van der Waals surface area contributed by atoms with Gasteiger partial charge in [-0.1, -0.05) is 18.6 Å². The number of nitrogens with zero attached hydrogens (tertiary/aromatic N) is 1. The number of esters is 2. The van der Waals surface area contributed by atoms with Gasteiger partial charge in [0, 0.05) is 18.5 Å². The molecule has 1 aliphatic rings. The number of nitrogens with one attached hydrogen (secondary N) is 1. The van der Waals surface area contributed by atoms with Gasteiger partial charge >= 0.3 is 11.9 Å². The molecule has 0 unspecified atom stereocenters. The number of amidine groups is 1. The molecule has 1 N–H and O–H groups in total. The summed E-state index contributed by atoms with van der Waals surface area (Å²) in [5.74, 6) is -0.651. The van der Waals surface area contributed by atoms with Crippen molar-refractivity contribution in [3.05, 3.63) is 29.8 Å². The van der Waals surface area contributed by atoms with Crippen molar-refractivity contribution in [3.63, 3.8) is 0 Å². The molecule has 27 heavy (non-hydrogen) atoms. The zero-order valence-corrected chi connectivity index (χ0v) is 16.3. The smallest absolute Gasteiger partial charge is 0.344 e. The lowest BCUT2D eigenvalue weighted by Crippen LogP contribution is -2.22. The minimum absolute atomic E-state index is 0.209. The summed E-state index contributed by atoms with van der Waals surface area (Å²) < 4.78 is 36.1. The molecule has 0 aromatic heterocycles. The standard InChI is InChI=1S/C18H24N2O6S/c1-13(2)26-17(22)12-25-16(21)10-4-3-7-11-19-18-14-8-5-6-9-15(14)27(23,24)20-18/h5-6,8-9,13H,3-4,7,10-12H2,1-2H3,(H,19,20). The quantitative estimate of drug-likeness (QED) is 0.503. The molecule has 0 atom stereocenters. The van der Waals surface area contributed by atoms with Gasteiger partial charge in [0.05, 0.1) is 11.0 Å². The van der Waals surface area contributed by atoms with Crippen LogP contribution >= 0.6 is 0 Å². The van der Waals surface area contributed by atoms with E-state index in [0.717, 1.165) is 6.42 Å². The fraction of sp³-hybridized carbons (Fsp3) is 0.500. The second-order valence-electron chi connectivity index (χ2n) is 6.34. The van der Waals surface area contributed by atoms with E-state index in [0.29, 0.717) is 30.8 Å². The number of carbonyl (C=O) groups excluding carboxylic acids is 2. The third-order valence-corrected chi connectivity index (χ3v) is 5.09. The Morgan fingerprint density at radius 1 is 1.11 bits per heavy atom. The minimum Gasteiger partial charge on any atom is -0.460 e. The molecule has 148 valence electrons. The van der Waals surface area contributed by atoms with Crippen LogP contribution < -0.4 is 4.72 Å². The van der Waals surface area contributed by atoms with Crippen molar-refractivity contribution in [2.45, 2.75) is 50.5 Å². The number of carbonyl (C=O) groups is 2. The lowest BCUT2D eigenvalue weighted by molar-refractivity contribution is -0.161. The molecule has 0 bridgehead atoms. The summed E-state index contributed by atoms with van der Waals surface area (Å²) in [6.45, 7) is 3.52. The Labute approximate surface area is 159 Å². The Morgan fingerprint density at radius 3 is 2.59 bits per heavy atom. The monoisotopic (exact) mass is 396 g/mol. The first kappa shape index (κ1) is 20.9. The van der Waals surface area contributed by atoms with Gasteiger partial charge in [0.15, 0.2) is 6.61 Å². The van der Waals surface area contributed by atoms with E-state index in [1.165, 1.54) is 0 Å². The molecule has 0 amide bonds. The van der Waals surface area contributed by atoms with Crippen LogP contribution in [0.15, 0.2) is 34.2 Å². The predicted molar refractivity (Wildman–Crippen MR) is 98.8 cm³/mol. The third-order valence-electron chi connectivity index (χ3n) is 3.69. The molecule has 9 heteroatoms. The molecule has 0 fully saturated rings. The number of fused-ring (bicyclic) bond motifs is 1.